The second-order valence-electron chi connectivity index (χ2n) is 5.49. The summed E-state index contributed by atoms with van der Waals surface area (Å²) in [5.74, 6) is 0.220. The Morgan fingerprint density at radius 1 is 1.24 bits per heavy atom. The number of carbonyl (C=O) groups is 1. The third-order valence-corrected chi connectivity index (χ3v) is 4.46. The molecule has 2 fully saturated rings. The molecule has 17 heavy (non-hydrogen) atoms. The smallest absolute Gasteiger partial charge is 0.314 e. The van der Waals surface area contributed by atoms with E-state index in [0.717, 1.165) is 10.9 Å². The zero-order chi connectivity index (χ0) is 11.6. The number of hydrogen-bond donors (Lipinski definition) is 0. The molecule has 0 aromatic carbocycles. The standard InChI is InChI=1S/C13H24NO2.HI/c1-3-16-13(15)11-7-6-10-14(2)9-5-4-8-12(11)14;/h11-12H,3-10H2,1-2H3;1H/q+1;/p-1/t11-,12-,14?;/m0./s1. The third kappa shape index (κ3) is 3.13. The van der Waals surface area contributed by atoms with Gasteiger partial charge in [-0.3, -0.25) is 4.79 Å². The maximum Gasteiger partial charge on any atom is 0.314 e. The minimum atomic E-state index is 0. The lowest BCUT2D eigenvalue weighted by molar-refractivity contribution is -0.945. The maximum absolute atomic E-state index is 12.0. The number of quaternary nitrogens is 1. The average molecular weight is 353 g/mol. The number of piperidine rings is 2. The predicted molar refractivity (Wildman–Crippen MR) is 62.9 cm³/mol. The van der Waals surface area contributed by atoms with Crippen LogP contribution >= 0.6 is 0 Å². The minimum Gasteiger partial charge on any atom is -1.00 e. The van der Waals surface area contributed by atoms with Crippen molar-refractivity contribution in [3.63, 3.8) is 0 Å². The Kier molecular flexibility index (Phi) is 5.70. The van der Waals surface area contributed by atoms with Gasteiger partial charge in [-0.15, -0.1) is 0 Å². The summed E-state index contributed by atoms with van der Waals surface area (Å²) in [6.45, 7) is 4.92. The number of carbonyl (C=O) groups excluding carboxylic acids is 1. The molecule has 0 bridgehead atoms. The van der Waals surface area contributed by atoms with Crippen LogP contribution in [0.5, 0.6) is 0 Å². The van der Waals surface area contributed by atoms with Crippen molar-refractivity contribution in [2.24, 2.45) is 5.92 Å². The van der Waals surface area contributed by atoms with Gasteiger partial charge in [0, 0.05) is 6.42 Å². The first-order valence-corrected chi connectivity index (χ1v) is 6.68. The van der Waals surface area contributed by atoms with Gasteiger partial charge < -0.3 is 33.2 Å². The van der Waals surface area contributed by atoms with Gasteiger partial charge in [-0.25, -0.2) is 0 Å². The van der Waals surface area contributed by atoms with E-state index in [-0.39, 0.29) is 35.9 Å². The van der Waals surface area contributed by atoms with Gasteiger partial charge >= 0.3 is 5.97 Å². The van der Waals surface area contributed by atoms with Crippen LogP contribution in [0.2, 0.25) is 0 Å². The number of rotatable bonds is 2. The summed E-state index contributed by atoms with van der Waals surface area (Å²) in [5, 5.41) is 0. The molecule has 2 saturated heterocycles. The van der Waals surface area contributed by atoms with Crippen LogP contribution < -0.4 is 24.0 Å². The molecule has 3 nitrogen and oxygen atoms in total. The van der Waals surface area contributed by atoms with Gasteiger partial charge in [0.1, 0.15) is 12.0 Å². The molecule has 0 amide bonds. The molecule has 3 atom stereocenters. The summed E-state index contributed by atoms with van der Waals surface area (Å²) in [6.07, 6.45) is 6.03. The SMILES string of the molecule is CCOC(=O)[C@H]1CCC[N+]2(C)CCCC[C@@H]12.[I-]. The molecule has 0 spiro atoms. The molecule has 0 aromatic rings. The van der Waals surface area contributed by atoms with E-state index in [2.05, 4.69) is 7.05 Å². The molecule has 0 radical (unpaired) electrons. The van der Waals surface area contributed by atoms with Gasteiger partial charge in [0.25, 0.3) is 0 Å². The van der Waals surface area contributed by atoms with Crippen LogP contribution in [-0.4, -0.2) is 43.2 Å². The molecule has 2 aliphatic heterocycles. The highest BCUT2D eigenvalue weighted by Crippen LogP contribution is 2.36. The van der Waals surface area contributed by atoms with E-state index in [1.807, 2.05) is 6.92 Å². The summed E-state index contributed by atoms with van der Waals surface area (Å²) in [7, 11) is 2.33. The van der Waals surface area contributed by atoms with Crippen LogP contribution in [-0.2, 0) is 9.53 Å². The van der Waals surface area contributed by atoms with Crippen molar-refractivity contribution in [3.05, 3.63) is 0 Å². The Bertz CT molecular complexity index is 268. The highest BCUT2D eigenvalue weighted by Gasteiger charge is 2.46. The summed E-state index contributed by atoms with van der Waals surface area (Å²) < 4.78 is 6.34. The predicted octanol–water partition coefficient (Wildman–Crippen LogP) is -1.04. The van der Waals surface area contributed by atoms with Crippen LogP contribution in [0.15, 0.2) is 0 Å². The number of ether oxygens (including phenoxy) is 1. The van der Waals surface area contributed by atoms with Crippen molar-refractivity contribution in [1.82, 2.24) is 0 Å². The van der Waals surface area contributed by atoms with Crippen molar-refractivity contribution >= 4 is 5.97 Å². The van der Waals surface area contributed by atoms with Gasteiger partial charge in [0.15, 0.2) is 0 Å². The maximum atomic E-state index is 12.0. The molecule has 100 valence electrons. The topological polar surface area (TPSA) is 26.3 Å². The Morgan fingerprint density at radius 3 is 2.65 bits per heavy atom. The van der Waals surface area contributed by atoms with Crippen molar-refractivity contribution in [1.29, 1.82) is 0 Å². The zero-order valence-electron chi connectivity index (χ0n) is 11.0. The third-order valence-electron chi connectivity index (χ3n) is 4.46. The quantitative estimate of drug-likeness (QED) is 0.360. The van der Waals surface area contributed by atoms with Crippen molar-refractivity contribution in [3.8, 4) is 0 Å². The van der Waals surface area contributed by atoms with Gasteiger partial charge in [-0.2, -0.15) is 0 Å². The molecule has 1 unspecified atom stereocenters. The van der Waals surface area contributed by atoms with Gasteiger partial charge in [-0.05, 0) is 32.6 Å². The normalized spacial score (nSPS) is 36.6. The molecule has 2 heterocycles. The minimum absolute atomic E-state index is 0. The molecule has 4 heteroatoms. The van der Waals surface area contributed by atoms with Gasteiger partial charge in [-0.1, -0.05) is 0 Å². The average Bonchev–Trinajstić information content (AvgIpc) is 2.27. The summed E-state index contributed by atoms with van der Waals surface area (Å²) in [6, 6.07) is 0.529. The Hall–Kier alpha value is 0.160. The fraction of sp³-hybridized carbons (Fsp3) is 0.923. The summed E-state index contributed by atoms with van der Waals surface area (Å²) in [4.78, 5) is 12.0. The van der Waals surface area contributed by atoms with E-state index in [0.29, 0.717) is 12.6 Å². The number of hydrogen-bond acceptors (Lipinski definition) is 2. The summed E-state index contributed by atoms with van der Waals surface area (Å²) in [5.41, 5.74) is 0. The van der Waals surface area contributed by atoms with Crippen LogP contribution in [0.4, 0.5) is 0 Å². The van der Waals surface area contributed by atoms with E-state index >= 15 is 0 Å². The Balaban J connectivity index is 0.00000144. The Labute approximate surface area is 121 Å². The molecule has 0 saturated carbocycles. The zero-order valence-corrected chi connectivity index (χ0v) is 13.1. The molecule has 2 rings (SSSR count). The van der Waals surface area contributed by atoms with Crippen LogP contribution in [0.1, 0.15) is 39.0 Å². The number of halogens is 1. The van der Waals surface area contributed by atoms with Crippen LogP contribution in [0.3, 0.4) is 0 Å². The number of esters is 1. The molecule has 0 N–H and O–H groups in total. The first-order valence-electron chi connectivity index (χ1n) is 6.68. The first-order chi connectivity index (χ1) is 7.67. The van der Waals surface area contributed by atoms with E-state index in [1.165, 1.54) is 38.8 Å². The molecular weight excluding hydrogens is 329 g/mol. The second-order valence-corrected chi connectivity index (χ2v) is 5.49. The largest absolute Gasteiger partial charge is 1.00 e. The molecule has 0 aliphatic carbocycles. The molecular formula is C13H24INO2. The van der Waals surface area contributed by atoms with Crippen molar-refractivity contribution in [2.45, 2.75) is 45.1 Å². The lowest BCUT2D eigenvalue weighted by Gasteiger charge is -2.50. The van der Waals surface area contributed by atoms with Gasteiger partial charge in [0.05, 0.1) is 26.7 Å². The van der Waals surface area contributed by atoms with E-state index in [4.69, 9.17) is 4.74 Å². The molecule has 2 aliphatic rings. The van der Waals surface area contributed by atoms with Gasteiger partial charge in [0.2, 0.25) is 0 Å². The molecule has 0 aromatic heterocycles. The number of fused-ring (bicyclic) bond motifs is 1. The summed E-state index contributed by atoms with van der Waals surface area (Å²) >= 11 is 0. The highest BCUT2D eigenvalue weighted by molar-refractivity contribution is 5.73. The fourth-order valence-corrected chi connectivity index (χ4v) is 3.61. The lowest BCUT2D eigenvalue weighted by atomic mass is 9.81. The second kappa shape index (κ2) is 6.36. The Morgan fingerprint density at radius 2 is 1.94 bits per heavy atom. The van der Waals surface area contributed by atoms with E-state index < -0.39 is 0 Å². The lowest BCUT2D eigenvalue weighted by Crippen LogP contribution is -3.00. The highest BCUT2D eigenvalue weighted by atomic mass is 127. The van der Waals surface area contributed by atoms with Crippen molar-refractivity contribution in [2.75, 3.05) is 26.7 Å². The first kappa shape index (κ1) is 15.2. The monoisotopic (exact) mass is 353 g/mol. The van der Waals surface area contributed by atoms with E-state index in [9.17, 15) is 4.79 Å². The van der Waals surface area contributed by atoms with Crippen LogP contribution in [0, 0.1) is 5.92 Å². The van der Waals surface area contributed by atoms with Crippen molar-refractivity contribution < 1.29 is 38.0 Å². The fourth-order valence-electron chi connectivity index (χ4n) is 3.61. The van der Waals surface area contributed by atoms with E-state index in [1.54, 1.807) is 0 Å². The van der Waals surface area contributed by atoms with Crippen LogP contribution in [0.25, 0.3) is 0 Å². The number of nitrogens with zero attached hydrogens (tertiary/aromatic N) is 1.